The van der Waals surface area contributed by atoms with Crippen LogP contribution in [0.3, 0.4) is 0 Å². The fraction of sp³-hybridized carbons (Fsp3) is 0.643. The van der Waals surface area contributed by atoms with Crippen LogP contribution in [0, 0.1) is 29.1 Å². The van der Waals surface area contributed by atoms with Gasteiger partial charge in [0.15, 0.2) is 0 Å². The first-order valence-corrected chi connectivity index (χ1v) is 6.08. The van der Waals surface area contributed by atoms with Crippen molar-refractivity contribution in [1.82, 2.24) is 0 Å². The molecule has 80 valence electrons. The molecule has 1 atom stereocenters. The molecule has 1 heteroatoms. The lowest BCUT2D eigenvalue weighted by Crippen LogP contribution is -2.20. The fourth-order valence-electron chi connectivity index (χ4n) is 2.78. The summed E-state index contributed by atoms with van der Waals surface area (Å²) in [4.78, 5) is 0. The quantitative estimate of drug-likeness (QED) is 0.632. The van der Waals surface area contributed by atoms with E-state index < -0.39 is 0 Å². The maximum absolute atomic E-state index is 8.75. The van der Waals surface area contributed by atoms with Crippen LogP contribution in [0.2, 0.25) is 0 Å². The Labute approximate surface area is 92.5 Å². The number of nitriles is 1. The summed E-state index contributed by atoms with van der Waals surface area (Å²) in [6.45, 7) is 2.36. The Morgan fingerprint density at radius 3 is 2.53 bits per heavy atom. The van der Waals surface area contributed by atoms with Crippen molar-refractivity contribution in [3.63, 3.8) is 0 Å². The normalized spacial score (nSPS) is 35.7. The van der Waals surface area contributed by atoms with Gasteiger partial charge in [-0.3, -0.25) is 0 Å². The lowest BCUT2D eigenvalue weighted by molar-refractivity contribution is 0.240. The van der Waals surface area contributed by atoms with Crippen LogP contribution < -0.4 is 0 Å². The van der Waals surface area contributed by atoms with Crippen molar-refractivity contribution in [3.05, 3.63) is 23.8 Å². The van der Waals surface area contributed by atoms with Crippen molar-refractivity contribution in [2.75, 3.05) is 0 Å². The minimum atomic E-state index is 0.703. The van der Waals surface area contributed by atoms with Crippen molar-refractivity contribution in [2.24, 2.45) is 17.8 Å². The fourth-order valence-corrected chi connectivity index (χ4v) is 2.78. The molecule has 1 saturated carbocycles. The average molecular weight is 201 g/mol. The Kier molecular flexibility index (Phi) is 3.26. The van der Waals surface area contributed by atoms with Gasteiger partial charge in [-0.2, -0.15) is 5.26 Å². The minimum Gasteiger partial charge on any atom is -0.192 e. The molecule has 1 nitrogen and oxygen atoms in total. The van der Waals surface area contributed by atoms with E-state index in [2.05, 4.69) is 25.1 Å². The third-order valence-electron chi connectivity index (χ3n) is 3.93. The second-order valence-corrected chi connectivity index (χ2v) is 5.05. The van der Waals surface area contributed by atoms with Crippen LogP contribution >= 0.6 is 0 Å². The van der Waals surface area contributed by atoms with E-state index in [-0.39, 0.29) is 0 Å². The van der Waals surface area contributed by atoms with E-state index in [1.165, 1.54) is 25.7 Å². The summed E-state index contributed by atoms with van der Waals surface area (Å²) in [5, 5.41) is 8.75. The average Bonchev–Trinajstić information content (AvgIpc) is 2.30. The number of hydrogen-bond donors (Lipinski definition) is 0. The Morgan fingerprint density at radius 2 is 2.00 bits per heavy atom. The molecule has 0 saturated heterocycles. The third kappa shape index (κ3) is 2.50. The zero-order valence-electron chi connectivity index (χ0n) is 9.45. The van der Waals surface area contributed by atoms with Crippen molar-refractivity contribution in [2.45, 2.75) is 39.0 Å². The van der Waals surface area contributed by atoms with Crippen LogP contribution in [0.5, 0.6) is 0 Å². The Morgan fingerprint density at radius 1 is 1.27 bits per heavy atom. The van der Waals surface area contributed by atoms with Gasteiger partial charge in [-0.05, 0) is 43.1 Å². The molecule has 0 heterocycles. The number of nitrogens with zero attached hydrogens (tertiary/aromatic N) is 1. The molecule has 1 unspecified atom stereocenters. The van der Waals surface area contributed by atoms with Gasteiger partial charge < -0.3 is 0 Å². The maximum atomic E-state index is 8.75. The molecule has 0 bridgehead atoms. The number of hydrogen-bond acceptors (Lipinski definition) is 1. The molecule has 2 aliphatic rings. The van der Waals surface area contributed by atoms with Gasteiger partial charge >= 0.3 is 0 Å². The second kappa shape index (κ2) is 4.66. The molecule has 15 heavy (non-hydrogen) atoms. The van der Waals surface area contributed by atoms with Gasteiger partial charge in [0.05, 0.1) is 6.07 Å². The van der Waals surface area contributed by atoms with Gasteiger partial charge in [-0.15, -0.1) is 0 Å². The van der Waals surface area contributed by atoms with Gasteiger partial charge in [-0.1, -0.05) is 31.9 Å². The molecule has 0 spiro atoms. The Bertz CT molecular complexity index is 311. The molecule has 0 aromatic heterocycles. The highest BCUT2D eigenvalue weighted by Gasteiger charge is 2.24. The van der Waals surface area contributed by atoms with Crippen LogP contribution in [-0.2, 0) is 0 Å². The third-order valence-corrected chi connectivity index (χ3v) is 3.93. The summed E-state index contributed by atoms with van der Waals surface area (Å²) in [6.07, 6.45) is 13.0. The summed E-state index contributed by atoms with van der Waals surface area (Å²) < 4.78 is 0. The SMILES string of the molecule is CC1CCC(C2C=CC(C#N)=CC2)CC1. The summed E-state index contributed by atoms with van der Waals surface area (Å²) in [6, 6.07) is 2.21. The van der Waals surface area contributed by atoms with E-state index in [0.29, 0.717) is 5.92 Å². The second-order valence-electron chi connectivity index (χ2n) is 5.05. The first-order chi connectivity index (χ1) is 7.29. The van der Waals surface area contributed by atoms with Gasteiger partial charge in [-0.25, -0.2) is 0 Å². The Balaban J connectivity index is 1.90. The summed E-state index contributed by atoms with van der Waals surface area (Å²) in [5.41, 5.74) is 0.843. The van der Waals surface area contributed by atoms with E-state index in [1.807, 2.05) is 6.08 Å². The van der Waals surface area contributed by atoms with Gasteiger partial charge in [0.2, 0.25) is 0 Å². The highest BCUT2D eigenvalue weighted by molar-refractivity contribution is 5.35. The van der Waals surface area contributed by atoms with E-state index in [0.717, 1.165) is 23.8 Å². The van der Waals surface area contributed by atoms with Crippen LogP contribution in [0.4, 0.5) is 0 Å². The number of rotatable bonds is 1. The van der Waals surface area contributed by atoms with Crippen molar-refractivity contribution < 1.29 is 0 Å². The molecule has 0 aromatic rings. The topological polar surface area (TPSA) is 23.8 Å². The number of allylic oxidation sites excluding steroid dienone is 4. The standard InChI is InChI=1S/C14H19N/c1-11-2-6-13(7-3-11)14-8-4-12(10-15)5-9-14/h4-5,8,11,13-14H,2-3,6-7,9H2,1H3. The van der Waals surface area contributed by atoms with Gasteiger partial charge in [0.1, 0.15) is 0 Å². The molecule has 0 amide bonds. The van der Waals surface area contributed by atoms with Gasteiger partial charge in [0.25, 0.3) is 0 Å². The van der Waals surface area contributed by atoms with Crippen LogP contribution in [0.1, 0.15) is 39.0 Å². The zero-order chi connectivity index (χ0) is 10.7. The predicted octanol–water partition coefficient (Wildman–Crippen LogP) is 3.84. The monoisotopic (exact) mass is 201 g/mol. The van der Waals surface area contributed by atoms with E-state index >= 15 is 0 Å². The van der Waals surface area contributed by atoms with E-state index in [9.17, 15) is 0 Å². The first-order valence-electron chi connectivity index (χ1n) is 6.08. The van der Waals surface area contributed by atoms with Crippen LogP contribution in [0.25, 0.3) is 0 Å². The van der Waals surface area contributed by atoms with E-state index in [4.69, 9.17) is 5.26 Å². The summed E-state index contributed by atoms with van der Waals surface area (Å²) >= 11 is 0. The van der Waals surface area contributed by atoms with E-state index in [1.54, 1.807) is 0 Å². The smallest absolute Gasteiger partial charge is 0.0988 e. The molecule has 0 radical (unpaired) electrons. The largest absolute Gasteiger partial charge is 0.192 e. The molecule has 0 aromatic carbocycles. The lowest BCUT2D eigenvalue weighted by Gasteiger charge is -2.31. The van der Waals surface area contributed by atoms with Crippen molar-refractivity contribution >= 4 is 0 Å². The maximum Gasteiger partial charge on any atom is 0.0988 e. The van der Waals surface area contributed by atoms with Crippen molar-refractivity contribution in [1.29, 1.82) is 5.26 Å². The summed E-state index contributed by atoms with van der Waals surface area (Å²) in [5.74, 6) is 2.50. The molecule has 0 aliphatic heterocycles. The predicted molar refractivity (Wildman–Crippen MR) is 62.1 cm³/mol. The van der Waals surface area contributed by atoms with Gasteiger partial charge in [0, 0.05) is 5.57 Å². The molecule has 1 fully saturated rings. The van der Waals surface area contributed by atoms with Crippen LogP contribution in [-0.4, -0.2) is 0 Å². The molecule has 2 rings (SSSR count). The molecule has 0 N–H and O–H groups in total. The first kappa shape index (κ1) is 10.5. The lowest BCUT2D eigenvalue weighted by atomic mass is 9.74. The zero-order valence-corrected chi connectivity index (χ0v) is 9.45. The highest BCUT2D eigenvalue weighted by Crippen LogP contribution is 2.36. The Hall–Kier alpha value is -1.03. The molecular formula is C14H19N. The van der Waals surface area contributed by atoms with Crippen molar-refractivity contribution in [3.8, 4) is 6.07 Å². The minimum absolute atomic E-state index is 0.703. The molecule has 2 aliphatic carbocycles. The van der Waals surface area contributed by atoms with Crippen LogP contribution in [0.15, 0.2) is 23.8 Å². The highest BCUT2D eigenvalue weighted by atomic mass is 14.3. The molecular weight excluding hydrogens is 182 g/mol. The summed E-state index contributed by atoms with van der Waals surface area (Å²) in [7, 11) is 0.